The van der Waals surface area contributed by atoms with Gasteiger partial charge in [-0.3, -0.25) is 4.79 Å². The Balaban J connectivity index is 2.00. The van der Waals surface area contributed by atoms with E-state index in [1.807, 2.05) is 13.0 Å². The summed E-state index contributed by atoms with van der Waals surface area (Å²) in [5, 5.41) is 0. The Morgan fingerprint density at radius 2 is 1.65 bits per heavy atom. The highest BCUT2D eigenvalue weighted by Gasteiger charge is 2.19. The third-order valence-electron chi connectivity index (χ3n) is 4.31. The van der Waals surface area contributed by atoms with Crippen molar-refractivity contribution < 1.29 is 4.79 Å². The first-order valence-corrected chi connectivity index (χ1v) is 8.12. The first-order valence-electron chi connectivity index (χ1n) is 7.30. The van der Waals surface area contributed by atoms with E-state index < -0.39 is 0 Å². The molecule has 0 spiro atoms. The number of rotatable bonds is 2. The van der Waals surface area contributed by atoms with Crippen LogP contribution < -0.4 is 0 Å². The Kier molecular flexibility index (Phi) is 3.51. The van der Waals surface area contributed by atoms with Crippen molar-refractivity contribution in [2.75, 3.05) is 0 Å². The summed E-state index contributed by atoms with van der Waals surface area (Å²) in [6.07, 6.45) is 4.83. The molecule has 0 bridgehead atoms. The molecule has 0 unspecified atom stereocenters. The van der Waals surface area contributed by atoms with E-state index in [-0.39, 0.29) is 5.78 Å². The van der Waals surface area contributed by atoms with Gasteiger partial charge in [0.15, 0.2) is 0 Å². The van der Waals surface area contributed by atoms with E-state index in [2.05, 4.69) is 26.0 Å². The van der Waals surface area contributed by atoms with E-state index in [4.69, 9.17) is 0 Å². The van der Waals surface area contributed by atoms with E-state index in [0.717, 1.165) is 28.8 Å². The van der Waals surface area contributed by atoms with Crippen LogP contribution in [0.25, 0.3) is 0 Å². The van der Waals surface area contributed by atoms with Crippen molar-refractivity contribution in [1.82, 2.24) is 0 Å². The summed E-state index contributed by atoms with van der Waals surface area (Å²) >= 11 is 1.71. The predicted molar refractivity (Wildman–Crippen MR) is 85.0 cm³/mol. The normalized spacial score (nSPS) is 14.2. The molecule has 1 aromatic heterocycles. The molecule has 0 radical (unpaired) electrons. The van der Waals surface area contributed by atoms with Gasteiger partial charge >= 0.3 is 0 Å². The molecule has 2 heteroatoms. The lowest BCUT2D eigenvalue weighted by Crippen LogP contribution is -2.03. The number of benzene rings is 1. The average Bonchev–Trinajstić information content (AvgIpc) is 2.86. The zero-order chi connectivity index (χ0) is 14.3. The van der Waals surface area contributed by atoms with Gasteiger partial charge in [0.05, 0.1) is 4.88 Å². The van der Waals surface area contributed by atoms with E-state index >= 15 is 0 Å². The standard InChI is InChI=1S/C18H20OS/c1-11-8-13(3)15(9-12(11)2)18(19)17-10-14-6-4-5-7-16(14)20-17/h8-10H,4-7H2,1-3H3. The lowest BCUT2D eigenvalue weighted by Gasteiger charge is -2.08. The maximum absolute atomic E-state index is 12.8. The van der Waals surface area contributed by atoms with E-state index in [0.29, 0.717) is 0 Å². The fourth-order valence-electron chi connectivity index (χ4n) is 2.94. The van der Waals surface area contributed by atoms with Crippen molar-refractivity contribution in [3.8, 4) is 0 Å². The van der Waals surface area contributed by atoms with Crippen LogP contribution in [0.3, 0.4) is 0 Å². The molecular formula is C18H20OS. The summed E-state index contributed by atoms with van der Waals surface area (Å²) in [6.45, 7) is 6.21. The number of aryl methyl sites for hydroxylation is 5. The smallest absolute Gasteiger partial charge is 0.203 e. The molecular weight excluding hydrogens is 264 g/mol. The van der Waals surface area contributed by atoms with Crippen LogP contribution in [0, 0.1) is 20.8 Å². The third kappa shape index (κ3) is 2.33. The minimum absolute atomic E-state index is 0.199. The fraction of sp³-hybridized carbons (Fsp3) is 0.389. The van der Waals surface area contributed by atoms with Gasteiger partial charge in [-0.2, -0.15) is 0 Å². The Bertz CT molecular complexity index is 655. The number of hydrogen-bond donors (Lipinski definition) is 0. The summed E-state index contributed by atoms with van der Waals surface area (Å²) in [6, 6.07) is 6.30. The Morgan fingerprint density at radius 3 is 2.40 bits per heavy atom. The third-order valence-corrected chi connectivity index (χ3v) is 5.54. The molecule has 3 rings (SSSR count). The molecule has 0 saturated heterocycles. The number of carbonyl (C=O) groups is 1. The Hall–Kier alpha value is -1.41. The maximum atomic E-state index is 12.8. The molecule has 0 aliphatic heterocycles. The molecule has 2 aromatic rings. The van der Waals surface area contributed by atoms with Crippen LogP contribution in [0.4, 0.5) is 0 Å². The van der Waals surface area contributed by atoms with Gasteiger partial charge in [0, 0.05) is 10.4 Å². The predicted octanol–water partition coefficient (Wildman–Crippen LogP) is 4.78. The minimum Gasteiger partial charge on any atom is -0.288 e. The lowest BCUT2D eigenvalue weighted by molar-refractivity contribution is 0.104. The van der Waals surface area contributed by atoms with Crippen LogP contribution in [-0.4, -0.2) is 5.78 Å². The summed E-state index contributed by atoms with van der Waals surface area (Å²) in [7, 11) is 0. The van der Waals surface area contributed by atoms with E-state index in [1.165, 1.54) is 34.4 Å². The van der Waals surface area contributed by atoms with Crippen molar-refractivity contribution in [3.63, 3.8) is 0 Å². The topological polar surface area (TPSA) is 17.1 Å². The van der Waals surface area contributed by atoms with Crippen molar-refractivity contribution >= 4 is 17.1 Å². The lowest BCUT2D eigenvalue weighted by atomic mass is 9.96. The highest BCUT2D eigenvalue weighted by Crippen LogP contribution is 2.31. The van der Waals surface area contributed by atoms with Crippen molar-refractivity contribution in [3.05, 3.63) is 55.8 Å². The van der Waals surface area contributed by atoms with Gasteiger partial charge < -0.3 is 0 Å². The van der Waals surface area contributed by atoms with Gasteiger partial charge in [-0.05, 0) is 80.8 Å². The molecule has 1 heterocycles. The average molecular weight is 284 g/mol. The molecule has 1 nitrogen and oxygen atoms in total. The number of fused-ring (bicyclic) bond motifs is 1. The molecule has 1 aliphatic rings. The van der Waals surface area contributed by atoms with Crippen LogP contribution in [0.5, 0.6) is 0 Å². The van der Waals surface area contributed by atoms with Crippen LogP contribution in [-0.2, 0) is 12.8 Å². The molecule has 0 amide bonds. The van der Waals surface area contributed by atoms with E-state index in [9.17, 15) is 4.79 Å². The van der Waals surface area contributed by atoms with Gasteiger partial charge in [0.2, 0.25) is 5.78 Å². The second-order valence-electron chi connectivity index (χ2n) is 5.85. The van der Waals surface area contributed by atoms with Crippen molar-refractivity contribution in [2.45, 2.75) is 46.5 Å². The zero-order valence-corrected chi connectivity index (χ0v) is 13.2. The zero-order valence-electron chi connectivity index (χ0n) is 12.4. The van der Waals surface area contributed by atoms with Gasteiger partial charge in [-0.15, -0.1) is 11.3 Å². The molecule has 0 N–H and O–H groups in total. The Morgan fingerprint density at radius 1 is 0.950 bits per heavy atom. The second kappa shape index (κ2) is 5.17. The second-order valence-corrected chi connectivity index (χ2v) is 6.98. The molecule has 0 fully saturated rings. The molecule has 1 aromatic carbocycles. The van der Waals surface area contributed by atoms with Gasteiger partial charge in [0.1, 0.15) is 0 Å². The van der Waals surface area contributed by atoms with Crippen LogP contribution >= 0.6 is 11.3 Å². The van der Waals surface area contributed by atoms with E-state index in [1.54, 1.807) is 11.3 Å². The summed E-state index contributed by atoms with van der Waals surface area (Å²) in [5.41, 5.74) is 5.81. The van der Waals surface area contributed by atoms with Crippen LogP contribution in [0.1, 0.15) is 55.2 Å². The fourth-order valence-corrected chi connectivity index (χ4v) is 4.15. The summed E-state index contributed by atoms with van der Waals surface area (Å²) in [5.74, 6) is 0.199. The first kappa shape index (κ1) is 13.6. The molecule has 104 valence electrons. The highest BCUT2D eigenvalue weighted by molar-refractivity contribution is 7.14. The van der Waals surface area contributed by atoms with Crippen molar-refractivity contribution in [2.24, 2.45) is 0 Å². The summed E-state index contributed by atoms with van der Waals surface area (Å²) in [4.78, 5) is 15.1. The minimum atomic E-state index is 0.199. The quantitative estimate of drug-likeness (QED) is 0.725. The first-order chi connectivity index (χ1) is 9.56. The van der Waals surface area contributed by atoms with Gasteiger partial charge in [-0.25, -0.2) is 0 Å². The number of thiophene rings is 1. The van der Waals surface area contributed by atoms with Crippen LogP contribution in [0.15, 0.2) is 18.2 Å². The summed E-state index contributed by atoms with van der Waals surface area (Å²) < 4.78 is 0. The number of hydrogen-bond acceptors (Lipinski definition) is 2. The number of ketones is 1. The van der Waals surface area contributed by atoms with Gasteiger partial charge in [0.25, 0.3) is 0 Å². The molecule has 0 saturated carbocycles. The van der Waals surface area contributed by atoms with Gasteiger partial charge in [-0.1, -0.05) is 6.07 Å². The molecule has 1 aliphatic carbocycles. The monoisotopic (exact) mass is 284 g/mol. The highest BCUT2D eigenvalue weighted by atomic mass is 32.1. The molecule has 20 heavy (non-hydrogen) atoms. The van der Waals surface area contributed by atoms with Crippen LogP contribution in [0.2, 0.25) is 0 Å². The Labute approximate surface area is 124 Å². The molecule has 0 atom stereocenters. The van der Waals surface area contributed by atoms with Crippen molar-refractivity contribution in [1.29, 1.82) is 0 Å². The maximum Gasteiger partial charge on any atom is 0.203 e. The largest absolute Gasteiger partial charge is 0.288 e. The number of carbonyl (C=O) groups excluding carboxylic acids is 1. The SMILES string of the molecule is Cc1cc(C)c(C(=O)c2cc3c(s2)CCCC3)cc1C.